The van der Waals surface area contributed by atoms with Gasteiger partial charge in [0.1, 0.15) is 0 Å². The van der Waals surface area contributed by atoms with Crippen molar-refractivity contribution in [2.45, 2.75) is 6.42 Å². The molecular weight excluding hydrogens is 239 g/mol. The lowest BCUT2D eigenvalue weighted by atomic mass is 10.2. The van der Waals surface area contributed by atoms with E-state index in [0.29, 0.717) is 12.5 Å². The summed E-state index contributed by atoms with van der Waals surface area (Å²) in [5.41, 5.74) is 1.24. The van der Waals surface area contributed by atoms with Crippen LogP contribution in [0.25, 0.3) is 0 Å². The second kappa shape index (κ2) is 5.58. The molecule has 0 aliphatic heterocycles. The number of aromatic nitrogens is 2. The maximum absolute atomic E-state index is 13.4. The van der Waals surface area contributed by atoms with Crippen molar-refractivity contribution < 1.29 is 4.39 Å². The Balaban J connectivity index is 1.94. The van der Waals surface area contributed by atoms with Crippen molar-refractivity contribution in [1.82, 2.24) is 9.97 Å². The highest BCUT2D eigenvalue weighted by Crippen LogP contribution is 2.12. The van der Waals surface area contributed by atoms with Gasteiger partial charge < -0.3 is 10.6 Å². The molecule has 2 N–H and O–H groups in total. The lowest BCUT2D eigenvalue weighted by molar-refractivity contribution is 0.617. The van der Waals surface area contributed by atoms with E-state index in [0.717, 1.165) is 12.6 Å². The van der Waals surface area contributed by atoms with Crippen molar-refractivity contribution >= 4 is 23.1 Å². The summed E-state index contributed by atoms with van der Waals surface area (Å²) in [6.07, 6.45) is 2.01. The highest BCUT2D eigenvalue weighted by molar-refractivity contribution is 7.07. The molecule has 17 heavy (non-hydrogen) atoms. The lowest BCUT2D eigenvalue weighted by Gasteiger charge is -2.07. The summed E-state index contributed by atoms with van der Waals surface area (Å²) in [6.45, 7) is 0.647. The Hall–Kier alpha value is -1.69. The third-order valence-corrected chi connectivity index (χ3v) is 2.99. The Morgan fingerprint density at radius 3 is 3.06 bits per heavy atom. The fourth-order valence-electron chi connectivity index (χ4n) is 1.37. The van der Waals surface area contributed by atoms with Gasteiger partial charge in [0, 0.05) is 13.6 Å². The zero-order valence-corrected chi connectivity index (χ0v) is 10.2. The van der Waals surface area contributed by atoms with Crippen molar-refractivity contribution in [3.05, 3.63) is 34.4 Å². The largest absolute Gasteiger partial charge is 0.367 e. The third kappa shape index (κ3) is 3.13. The van der Waals surface area contributed by atoms with E-state index in [1.165, 1.54) is 5.56 Å². The van der Waals surface area contributed by atoms with Gasteiger partial charge in [0.2, 0.25) is 5.95 Å². The molecule has 0 saturated heterocycles. The molecule has 0 amide bonds. The topological polar surface area (TPSA) is 49.8 Å². The summed E-state index contributed by atoms with van der Waals surface area (Å²) in [5, 5.41) is 9.84. The maximum Gasteiger partial charge on any atom is 0.224 e. The van der Waals surface area contributed by atoms with Gasteiger partial charge in [-0.15, -0.1) is 0 Å². The van der Waals surface area contributed by atoms with Crippen LogP contribution in [0.15, 0.2) is 23.0 Å². The number of hydrogen-bond acceptors (Lipinski definition) is 5. The molecular formula is C11H13FN4S. The van der Waals surface area contributed by atoms with Crippen molar-refractivity contribution in [2.75, 3.05) is 24.2 Å². The monoisotopic (exact) mass is 252 g/mol. The van der Waals surface area contributed by atoms with E-state index in [1.54, 1.807) is 18.4 Å². The Morgan fingerprint density at radius 2 is 2.35 bits per heavy atom. The SMILES string of the molecule is CNc1ncc(F)c(NCCc2ccsc2)n1. The number of rotatable bonds is 5. The van der Waals surface area contributed by atoms with Gasteiger partial charge in [-0.05, 0) is 28.8 Å². The highest BCUT2D eigenvalue weighted by atomic mass is 32.1. The molecule has 6 heteroatoms. The van der Waals surface area contributed by atoms with Gasteiger partial charge in [-0.25, -0.2) is 9.37 Å². The van der Waals surface area contributed by atoms with Gasteiger partial charge in [0.15, 0.2) is 11.6 Å². The third-order valence-electron chi connectivity index (χ3n) is 2.25. The molecule has 0 radical (unpaired) electrons. The van der Waals surface area contributed by atoms with E-state index in [9.17, 15) is 4.39 Å². The average Bonchev–Trinajstić information content (AvgIpc) is 2.84. The summed E-state index contributed by atoms with van der Waals surface area (Å²) in [7, 11) is 1.70. The molecule has 0 aliphatic rings. The fraction of sp³-hybridized carbons (Fsp3) is 0.273. The Bertz CT molecular complexity index is 472. The molecule has 2 aromatic rings. The second-order valence-electron chi connectivity index (χ2n) is 3.45. The number of nitrogens with one attached hydrogen (secondary N) is 2. The molecule has 0 spiro atoms. The number of thiophene rings is 1. The molecule has 2 aromatic heterocycles. The molecule has 0 unspecified atom stereocenters. The van der Waals surface area contributed by atoms with Crippen LogP contribution >= 0.6 is 11.3 Å². The molecule has 2 rings (SSSR count). The van der Waals surface area contributed by atoms with E-state index in [4.69, 9.17) is 0 Å². The van der Waals surface area contributed by atoms with Crippen LogP contribution in [0.2, 0.25) is 0 Å². The zero-order valence-electron chi connectivity index (χ0n) is 9.40. The first-order chi connectivity index (χ1) is 8.29. The molecule has 4 nitrogen and oxygen atoms in total. The standard InChI is InChI=1S/C11H13FN4S/c1-13-11-15-6-9(12)10(16-11)14-4-2-8-3-5-17-7-8/h3,5-7H,2,4H2,1H3,(H2,13,14,15,16). The predicted molar refractivity (Wildman–Crippen MR) is 68.0 cm³/mol. The molecule has 0 atom stereocenters. The van der Waals surface area contributed by atoms with Crippen molar-refractivity contribution in [2.24, 2.45) is 0 Å². The van der Waals surface area contributed by atoms with Crippen molar-refractivity contribution in [3.63, 3.8) is 0 Å². The normalized spacial score (nSPS) is 10.2. The average molecular weight is 252 g/mol. The van der Waals surface area contributed by atoms with Gasteiger partial charge in [0.25, 0.3) is 0 Å². The fourth-order valence-corrected chi connectivity index (χ4v) is 2.07. The lowest BCUT2D eigenvalue weighted by Crippen LogP contribution is -2.09. The molecule has 0 aliphatic carbocycles. The van der Waals surface area contributed by atoms with E-state index in [-0.39, 0.29) is 5.82 Å². The van der Waals surface area contributed by atoms with Gasteiger partial charge in [-0.1, -0.05) is 0 Å². The predicted octanol–water partition coefficient (Wildman–Crippen LogP) is 2.37. The number of nitrogens with zero attached hydrogens (tertiary/aromatic N) is 2. The van der Waals surface area contributed by atoms with Gasteiger partial charge in [-0.3, -0.25) is 0 Å². The summed E-state index contributed by atoms with van der Waals surface area (Å²) < 4.78 is 13.4. The minimum atomic E-state index is -0.436. The highest BCUT2D eigenvalue weighted by Gasteiger charge is 2.05. The maximum atomic E-state index is 13.4. The Morgan fingerprint density at radius 1 is 1.47 bits per heavy atom. The number of hydrogen-bond donors (Lipinski definition) is 2. The van der Waals surface area contributed by atoms with E-state index < -0.39 is 5.82 Å². The van der Waals surface area contributed by atoms with Crippen molar-refractivity contribution in [3.8, 4) is 0 Å². The second-order valence-corrected chi connectivity index (χ2v) is 4.23. The smallest absolute Gasteiger partial charge is 0.224 e. The summed E-state index contributed by atoms with van der Waals surface area (Å²) >= 11 is 1.66. The van der Waals surface area contributed by atoms with Crippen LogP contribution in [-0.4, -0.2) is 23.6 Å². The van der Waals surface area contributed by atoms with Crippen LogP contribution in [0.5, 0.6) is 0 Å². The quantitative estimate of drug-likeness (QED) is 0.857. The summed E-state index contributed by atoms with van der Waals surface area (Å²) in [5.74, 6) is 0.207. The minimum absolute atomic E-state index is 0.236. The number of halogens is 1. The van der Waals surface area contributed by atoms with E-state index in [1.807, 2.05) is 5.38 Å². The van der Waals surface area contributed by atoms with Crippen LogP contribution < -0.4 is 10.6 Å². The zero-order chi connectivity index (χ0) is 12.1. The van der Waals surface area contributed by atoms with E-state index in [2.05, 4.69) is 32.0 Å². The van der Waals surface area contributed by atoms with Gasteiger partial charge in [-0.2, -0.15) is 16.3 Å². The van der Waals surface area contributed by atoms with Crippen LogP contribution in [0.3, 0.4) is 0 Å². The summed E-state index contributed by atoms with van der Waals surface area (Å²) in [6, 6.07) is 2.06. The van der Waals surface area contributed by atoms with Crippen LogP contribution in [0.4, 0.5) is 16.2 Å². The Kier molecular flexibility index (Phi) is 3.87. The van der Waals surface area contributed by atoms with Crippen LogP contribution in [0.1, 0.15) is 5.56 Å². The first-order valence-electron chi connectivity index (χ1n) is 5.25. The van der Waals surface area contributed by atoms with Crippen LogP contribution in [0, 0.1) is 5.82 Å². The molecule has 0 saturated carbocycles. The van der Waals surface area contributed by atoms with Gasteiger partial charge >= 0.3 is 0 Å². The van der Waals surface area contributed by atoms with Crippen LogP contribution in [-0.2, 0) is 6.42 Å². The molecule has 90 valence electrons. The molecule has 2 heterocycles. The summed E-state index contributed by atoms with van der Waals surface area (Å²) in [4.78, 5) is 7.78. The Labute approximate surface area is 103 Å². The first kappa shape index (κ1) is 11.8. The minimum Gasteiger partial charge on any atom is -0.367 e. The molecule has 0 fully saturated rings. The van der Waals surface area contributed by atoms with E-state index >= 15 is 0 Å². The number of anilines is 2. The molecule has 0 aromatic carbocycles. The molecule has 0 bridgehead atoms. The van der Waals surface area contributed by atoms with Crippen molar-refractivity contribution in [1.29, 1.82) is 0 Å². The first-order valence-corrected chi connectivity index (χ1v) is 6.19. The van der Waals surface area contributed by atoms with Gasteiger partial charge in [0.05, 0.1) is 6.20 Å².